The van der Waals surface area contributed by atoms with Crippen LogP contribution in [0.2, 0.25) is 0 Å². The quantitative estimate of drug-likeness (QED) is 0.863. The fraction of sp³-hybridized carbons (Fsp3) is 0.0714. The lowest BCUT2D eigenvalue weighted by Crippen LogP contribution is -2.03. The van der Waals surface area contributed by atoms with Crippen LogP contribution < -0.4 is 10.5 Å². The van der Waals surface area contributed by atoms with E-state index in [-0.39, 0.29) is 23.5 Å². The predicted molar refractivity (Wildman–Crippen MR) is 66.3 cm³/mol. The second-order valence-corrected chi connectivity index (χ2v) is 3.86. The maximum absolute atomic E-state index is 13.4. The SMILES string of the molecule is N#Cc1cc(N)ccc1OCc1c(F)cccc1F. The van der Waals surface area contributed by atoms with Crippen molar-refractivity contribution in [3.05, 3.63) is 59.2 Å². The van der Waals surface area contributed by atoms with Gasteiger partial charge >= 0.3 is 0 Å². The second-order valence-electron chi connectivity index (χ2n) is 3.86. The van der Waals surface area contributed by atoms with Gasteiger partial charge in [-0.1, -0.05) is 6.07 Å². The lowest BCUT2D eigenvalue weighted by atomic mass is 10.2. The molecule has 0 aromatic heterocycles. The molecule has 2 aromatic carbocycles. The highest BCUT2D eigenvalue weighted by Gasteiger charge is 2.10. The lowest BCUT2D eigenvalue weighted by molar-refractivity contribution is 0.292. The molecule has 0 spiro atoms. The van der Waals surface area contributed by atoms with E-state index in [2.05, 4.69) is 0 Å². The minimum Gasteiger partial charge on any atom is -0.487 e. The van der Waals surface area contributed by atoms with Crippen LogP contribution in [-0.2, 0) is 6.61 Å². The summed E-state index contributed by atoms with van der Waals surface area (Å²) in [4.78, 5) is 0. The molecule has 0 unspecified atom stereocenters. The van der Waals surface area contributed by atoms with Crippen LogP contribution in [0.15, 0.2) is 36.4 Å². The topological polar surface area (TPSA) is 59.0 Å². The van der Waals surface area contributed by atoms with Crippen molar-refractivity contribution in [3.8, 4) is 11.8 Å². The van der Waals surface area contributed by atoms with Crippen LogP contribution in [0.25, 0.3) is 0 Å². The highest BCUT2D eigenvalue weighted by molar-refractivity contribution is 5.53. The van der Waals surface area contributed by atoms with Gasteiger partial charge in [-0.05, 0) is 30.3 Å². The van der Waals surface area contributed by atoms with E-state index in [0.29, 0.717) is 5.69 Å². The molecule has 0 aliphatic carbocycles. The molecule has 2 aromatic rings. The van der Waals surface area contributed by atoms with E-state index in [1.165, 1.54) is 18.2 Å². The molecule has 0 radical (unpaired) electrons. The Bertz CT molecular complexity index is 630. The molecule has 0 amide bonds. The van der Waals surface area contributed by atoms with E-state index >= 15 is 0 Å². The number of hydrogen-bond acceptors (Lipinski definition) is 3. The van der Waals surface area contributed by atoms with Gasteiger partial charge in [0.15, 0.2) is 0 Å². The summed E-state index contributed by atoms with van der Waals surface area (Å²) in [6, 6.07) is 9.96. The maximum Gasteiger partial charge on any atom is 0.137 e. The van der Waals surface area contributed by atoms with Crippen LogP contribution in [-0.4, -0.2) is 0 Å². The first-order valence-corrected chi connectivity index (χ1v) is 5.47. The van der Waals surface area contributed by atoms with Crippen LogP contribution in [0, 0.1) is 23.0 Å². The third-order valence-electron chi connectivity index (χ3n) is 2.56. The Morgan fingerprint density at radius 1 is 1.16 bits per heavy atom. The molecule has 2 N–H and O–H groups in total. The number of rotatable bonds is 3. The molecule has 0 saturated heterocycles. The van der Waals surface area contributed by atoms with Gasteiger partial charge in [-0.15, -0.1) is 0 Å². The predicted octanol–water partition coefficient (Wildman–Crippen LogP) is 3.00. The van der Waals surface area contributed by atoms with Gasteiger partial charge < -0.3 is 10.5 Å². The number of nitrogens with zero attached hydrogens (tertiary/aromatic N) is 1. The standard InChI is InChI=1S/C14H10F2N2O/c15-12-2-1-3-13(16)11(12)8-19-14-5-4-10(18)6-9(14)7-17/h1-6H,8,18H2. The Labute approximate surface area is 108 Å². The number of nitriles is 1. The van der Waals surface area contributed by atoms with Crippen LogP contribution in [0.1, 0.15) is 11.1 Å². The van der Waals surface area contributed by atoms with Gasteiger partial charge in [-0.3, -0.25) is 0 Å². The number of anilines is 1. The number of nitrogens with two attached hydrogens (primary N) is 1. The highest BCUT2D eigenvalue weighted by atomic mass is 19.1. The van der Waals surface area contributed by atoms with Gasteiger partial charge in [0.2, 0.25) is 0 Å². The Kier molecular flexibility index (Phi) is 3.62. The molecule has 96 valence electrons. The molecule has 2 rings (SSSR count). The Morgan fingerprint density at radius 3 is 2.47 bits per heavy atom. The molecular formula is C14H10F2N2O. The zero-order chi connectivity index (χ0) is 13.8. The molecule has 0 bridgehead atoms. The van der Waals surface area contributed by atoms with Crippen LogP contribution in [0.4, 0.5) is 14.5 Å². The van der Waals surface area contributed by atoms with Crippen molar-refractivity contribution in [2.45, 2.75) is 6.61 Å². The van der Waals surface area contributed by atoms with Crippen molar-refractivity contribution in [3.63, 3.8) is 0 Å². The molecule has 0 atom stereocenters. The smallest absolute Gasteiger partial charge is 0.137 e. The van der Waals surface area contributed by atoms with Gasteiger partial charge in [-0.2, -0.15) is 5.26 Å². The van der Waals surface area contributed by atoms with Crippen molar-refractivity contribution in [2.75, 3.05) is 5.73 Å². The summed E-state index contributed by atoms with van der Waals surface area (Å²) >= 11 is 0. The van der Waals surface area contributed by atoms with Crippen LogP contribution in [0.5, 0.6) is 5.75 Å². The number of nitrogen functional groups attached to an aromatic ring is 1. The third kappa shape index (κ3) is 2.80. The van der Waals surface area contributed by atoms with Crippen LogP contribution in [0.3, 0.4) is 0 Å². The molecule has 0 aliphatic heterocycles. The average molecular weight is 260 g/mol. The molecule has 0 saturated carbocycles. The molecule has 19 heavy (non-hydrogen) atoms. The summed E-state index contributed by atoms with van der Waals surface area (Å²) in [7, 11) is 0. The van der Waals surface area contributed by atoms with E-state index in [4.69, 9.17) is 15.7 Å². The molecule has 5 heteroatoms. The van der Waals surface area contributed by atoms with Crippen LogP contribution >= 0.6 is 0 Å². The van der Waals surface area contributed by atoms with Crippen molar-refractivity contribution in [1.29, 1.82) is 5.26 Å². The van der Waals surface area contributed by atoms with Crippen molar-refractivity contribution in [1.82, 2.24) is 0 Å². The largest absolute Gasteiger partial charge is 0.487 e. The summed E-state index contributed by atoms with van der Waals surface area (Å²) in [5.41, 5.74) is 5.99. The number of halogens is 2. The molecule has 3 nitrogen and oxygen atoms in total. The summed E-state index contributed by atoms with van der Waals surface area (Å²) in [5, 5.41) is 8.92. The summed E-state index contributed by atoms with van der Waals surface area (Å²) in [6.07, 6.45) is 0. The number of ether oxygens (including phenoxy) is 1. The fourth-order valence-electron chi connectivity index (χ4n) is 1.58. The van der Waals surface area contributed by atoms with E-state index in [1.54, 1.807) is 6.07 Å². The summed E-state index contributed by atoms with van der Waals surface area (Å²) in [6.45, 7) is -0.295. The van der Waals surface area contributed by atoms with Crippen molar-refractivity contribution < 1.29 is 13.5 Å². The van der Waals surface area contributed by atoms with Crippen molar-refractivity contribution in [2.24, 2.45) is 0 Å². The highest BCUT2D eigenvalue weighted by Crippen LogP contribution is 2.22. The molecular weight excluding hydrogens is 250 g/mol. The Balaban J connectivity index is 2.22. The molecule has 0 heterocycles. The zero-order valence-electron chi connectivity index (χ0n) is 9.86. The van der Waals surface area contributed by atoms with Gasteiger partial charge in [0.25, 0.3) is 0 Å². The van der Waals surface area contributed by atoms with Gasteiger partial charge in [0.05, 0.1) is 11.1 Å². The molecule has 0 fully saturated rings. The van der Waals surface area contributed by atoms with E-state index in [1.807, 2.05) is 6.07 Å². The van der Waals surface area contributed by atoms with Gasteiger partial charge in [0.1, 0.15) is 30.1 Å². The van der Waals surface area contributed by atoms with E-state index < -0.39 is 11.6 Å². The monoisotopic (exact) mass is 260 g/mol. The molecule has 0 aliphatic rings. The lowest BCUT2D eigenvalue weighted by Gasteiger charge is -2.09. The normalized spacial score (nSPS) is 9.95. The van der Waals surface area contributed by atoms with Gasteiger partial charge in [0, 0.05) is 5.69 Å². The van der Waals surface area contributed by atoms with Gasteiger partial charge in [-0.25, -0.2) is 8.78 Å². The van der Waals surface area contributed by atoms with E-state index in [0.717, 1.165) is 12.1 Å². The fourth-order valence-corrected chi connectivity index (χ4v) is 1.58. The maximum atomic E-state index is 13.4. The first-order valence-electron chi connectivity index (χ1n) is 5.47. The number of benzene rings is 2. The summed E-state index contributed by atoms with van der Waals surface area (Å²) < 4.78 is 32.1. The van der Waals surface area contributed by atoms with E-state index in [9.17, 15) is 8.78 Å². The summed E-state index contributed by atoms with van der Waals surface area (Å²) in [5.74, 6) is -1.14. The Morgan fingerprint density at radius 2 is 1.84 bits per heavy atom. The Hall–Kier alpha value is -2.61. The van der Waals surface area contributed by atoms with Crippen molar-refractivity contribution >= 4 is 5.69 Å². The third-order valence-corrected chi connectivity index (χ3v) is 2.56. The zero-order valence-corrected chi connectivity index (χ0v) is 9.86. The first-order chi connectivity index (χ1) is 9.11. The minimum atomic E-state index is -0.686. The minimum absolute atomic E-state index is 0.178. The average Bonchev–Trinajstić information content (AvgIpc) is 2.39. The first kappa shape index (κ1) is 12.8. The second kappa shape index (κ2) is 5.36. The number of hydrogen-bond donors (Lipinski definition) is 1.